The molecule has 1 amide bonds. The van der Waals surface area contributed by atoms with Gasteiger partial charge in [-0.3, -0.25) is 9.59 Å². The van der Waals surface area contributed by atoms with Crippen molar-refractivity contribution in [2.75, 3.05) is 20.2 Å². The standard InChI is InChI=1S/C19H25NO5/c1-12(2)25-15-7-6-13(9-16(15)24-3)17(21)20-10-14-5-4-8-19(14,11-20)18(22)23/h6-7,9,12,14H,4-5,8,10-11H2,1-3H3,(H,22,23)/t14-,19+/m0/s1. The van der Waals surface area contributed by atoms with Gasteiger partial charge in [0.05, 0.1) is 18.6 Å². The Morgan fingerprint density at radius 3 is 2.68 bits per heavy atom. The van der Waals surface area contributed by atoms with Crippen LogP contribution in [-0.2, 0) is 4.79 Å². The van der Waals surface area contributed by atoms with Crippen LogP contribution in [0.5, 0.6) is 11.5 Å². The van der Waals surface area contributed by atoms with Crippen LogP contribution in [0, 0.1) is 11.3 Å². The van der Waals surface area contributed by atoms with Crippen molar-refractivity contribution >= 4 is 11.9 Å². The molecule has 136 valence electrons. The molecule has 3 rings (SSSR count). The van der Waals surface area contributed by atoms with Crippen LogP contribution in [-0.4, -0.2) is 48.2 Å². The zero-order chi connectivity index (χ0) is 18.2. The van der Waals surface area contributed by atoms with E-state index in [9.17, 15) is 14.7 Å². The summed E-state index contributed by atoms with van der Waals surface area (Å²) in [5, 5.41) is 9.67. The molecule has 2 aliphatic rings. The minimum absolute atomic E-state index is 0.00355. The number of amides is 1. The summed E-state index contributed by atoms with van der Waals surface area (Å²) >= 11 is 0. The second-order valence-corrected chi connectivity index (χ2v) is 7.27. The number of rotatable bonds is 5. The van der Waals surface area contributed by atoms with Crippen LogP contribution in [0.25, 0.3) is 0 Å². The lowest BCUT2D eigenvalue weighted by Gasteiger charge is -2.23. The summed E-state index contributed by atoms with van der Waals surface area (Å²) in [5.74, 6) is 0.230. The molecule has 2 fully saturated rings. The number of methoxy groups -OCH3 is 1. The van der Waals surface area contributed by atoms with Crippen molar-refractivity contribution in [1.29, 1.82) is 0 Å². The molecule has 1 aromatic rings. The largest absolute Gasteiger partial charge is 0.493 e. The summed E-state index contributed by atoms with van der Waals surface area (Å²) in [4.78, 5) is 26.3. The number of fused-ring (bicyclic) bond motifs is 1. The second-order valence-electron chi connectivity index (χ2n) is 7.27. The smallest absolute Gasteiger partial charge is 0.311 e. The van der Waals surface area contributed by atoms with E-state index in [1.54, 1.807) is 23.1 Å². The zero-order valence-corrected chi connectivity index (χ0v) is 14.9. The Balaban J connectivity index is 1.81. The van der Waals surface area contributed by atoms with Crippen LogP contribution >= 0.6 is 0 Å². The highest BCUT2D eigenvalue weighted by Gasteiger charge is 2.55. The molecule has 6 heteroatoms. The maximum Gasteiger partial charge on any atom is 0.311 e. The highest BCUT2D eigenvalue weighted by atomic mass is 16.5. The Morgan fingerprint density at radius 1 is 1.32 bits per heavy atom. The van der Waals surface area contributed by atoms with Gasteiger partial charge in [-0.05, 0) is 50.8 Å². The number of ether oxygens (including phenoxy) is 2. The third kappa shape index (κ3) is 3.05. The average molecular weight is 347 g/mol. The van der Waals surface area contributed by atoms with Gasteiger partial charge in [-0.15, -0.1) is 0 Å². The molecule has 1 heterocycles. The van der Waals surface area contributed by atoms with Gasteiger partial charge >= 0.3 is 5.97 Å². The molecule has 0 spiro atoms. The highest BCUT2D eigenvalue weighted by molar-refractivity contribution is 5.96. The summed E-state index contributed by atoms with van der Waals surface area (Å²) in [6, 6.07) is 5.11. The van der Waals surface area contributed by atoms with E-state index in [1.165, 1.54) is 7.11 Å². The Labute approximate surface area is 147 Å². The van der Waals surface area contributed by atoms with E-state index in [4.69, 9.17) is 9.47 Å². The summed E-state index contributed by atoms with van der Waals surface area (Å²) in [6.07, 6.45) is 2.46. The summed E-state index contributed by atoms with van der Waals surface area (Å²) in [7, 11) is 1.54. The van der Waals surface area contributed by atoms with Gasteiger partial charge in [0.2, 0.25) is 0 Å². The van der Waals surface area contributed by atoms with Crippen LogP contribution in [0.2, 0.25) is 0 Å². The van der Waals surface area contributed by atoms with Gasteiger partial charge in [0.1, 0.15) is 0 Å². The topological polar surface area (TPSA) is 76.1 Å². The lowest BCUT2D eigenvalue weighted by atomic mass is 9.81. The van der Waals surface area contributed by atoms with E-state index < -0.39 is 11.4 Å². The minimum atomic E-state index is -0.774. The number of hydrogen-bond donors (Lipinski definition) is 1. The van der Waals surface area contributed by atoms with Gasteiger partial charge in [-0.1, -0.05) is 6.42 Å². The minimum Gasteiger partial charge on any atom is -0.493 e. The molecule has 0 unspecified atom stereocenters. The predicted octanol–water partition coefficient (Wildman–Crippen LogP) is 2.81. The lowest BCUT2D eigenvalue weighted by molar-refractivity contribution is -0.149. The molecule has 0 aromatic heterocycles. The summed E-state index contributed by atoms with van der Waals surface area (Å²) in [5.41, 5.74) is -0.269. The van der Waals surface area contributed by atoms with E-state index in [-0.39, 0.29) is 17.9 Å². The van der Waals surface area contributed by atoms with E-state index in [1.807, 2.05) is 13.8 Å². The molecule has 2 atom stereocenters. The van der Waals surface area contributed by atoms with Gasteiger partial charge in [-0.25, -0.2) is 0 Å². The Hall–Kier alpha value is -2.24. The summed E-state index contributed by atoms with van der Waals surface area (Å²) in [6.45, 7) is 4.65. The first-order valence-corrected chi connectivity index (χ1v) is 8.75. The van der Waals surface area contributed by atoms with Crippen LogP contribution < -0.4 is 9.47 Å². The van der Waals surface area contributed by atoms with Gasteiger partial charge in [0, 0.05) is 18.7 Å². The SMILES string of the molecule is COc1cc(C(=O)N2C[C@@H]3CCC[C@@]3(C(=O)O)C2)ccc1OC(C)C. The molecule has 1 aliphatic heterocycles. The first kappa shape index (κ1) is 17.6. The molecule has 1 saturated carbocycles. The molecule has 0 bridgehead atoms. The van der Waals surface area contributed by atoms with Crippen molar-refractivity contribution in [1.82, 2.24) is 4.90 Å². The summed E-state index contributed by atoms with van der Waals surface area (Å²) < 4.78 is 11.0. The number of nitrogens with zero attached hydrogens (tertiary/aromatic N) is 1. The van der Waals surface area contributed by atoms with E-state index in [2.05, 4.69) is 0 Å². The van der Waals surface area contributed by atoms with Crippen molar-refractivity contribution in [3.8, 4) is 11.5 Å². The molecule has 1 aliphatic carbocycles. The van der Waals surface area contributed by atoms with Gasteiger partial charge in [0.15, 0.2) is 11.5 Å². The fourth-order valence-corrected chi connectivity index (χ4v) is 4.13. The fraction of sp³-hybridized carbons (Fsp3) is 0.579. The molecular weight excluding hydrogens is 322 g/mol. The van der Waals surface area contributed by atoms with Gasteiger partial charge in [0.25, 0.3) is 5.91 Å². The number of hydrogen-bond acceptors (Lipinski definition) is 4. The predicted molar refractivity (Wildman–Crippen MR) is 92.1 cm³/mol. The Bertz CT molecular complexity index is 686. The van der Waals surface area contributed by atoms with Gasteiger partial charge < -0.3 is 19.5 Å². The molecule has 0 radical (unpaired) electrons. The maximum atomic E-state index is 12.9. The van der Waals surface area contributed by atoms with E-state index in [0.29, 0.717) is 36.6 Å². The van der Waals surface area contributed by atoms with E-state index >= 15 is 0 Å². The normalized spacial score (nSPS) is 25.1. The number of carbonyl (C=O) groups is 2. The average Bonchev–Trinajstić information content (AvgIpc) is 3.12. The van der Waals surface area contributed by atoms with Gasteiger partial charge in [-0.2, -0.15) is 0 Å². The van der Waals surface area contributed by atoms with Crippen LogP contribution in [0.15, 0.2) is 18.2 Å². The molecule has 25 heavy (non-hydrogen) atoms. The molecule has 1 saturated heterocycles. The quantitative estimate of drug-likeness (QED) is 0.886. The van der Waals surface area contributed by atoms with Crippen LogP contribution in [0.1, 0.15) is 43.5 Å². The third-order valence-electron chi connectivity index (χ3n) is 5.36. The molecular formula is C19H25NO5. The number of likely N-dealkylation sites (tertiary alicyclic amines) is 1. The Morgan fingerprint density at radius 2 is 2.08 bits per heavy atom. The number of carbonyl (C=O) groups excluding carboxylic acids is 1. The number of carboxylic acid groups (broad SMARTS) is 1. The number of carboxylic acids is 1. The highest BCUT2D eigenvalue weighted by Crippen LogP contribution is 2.49. The first-order chi connectivity index (χ1) is 11.9. The maximum absolute atomic E-state index is 12.9. The zero-order valence-electron chi connectivity index (χ0n) is 14.9. The Kier molecular flexibility index (Phi) is 4.62. The van der Waals surface area contributed by atoms with Crippen molar-refractivity contribution in [2.45, 2.75) is 39.2 Å². The van der Waals surface area contributed by atoms with Crippen molar-refractivity contribution in [2.24, 2.45) is 11.3 Å². The molecule has 1 aromatic carbocycles. The second kappa shape index (κ2) is 6.58. The van der Waals surface area contributed by atoms with Crippen LogP contribution in [0.3, 0.4) is 0 Å². The monoisotopic (exact) mass is 347 g/mol. The van der Waals surface area contributed by atoms with Crippen molar-refractivity contribution < 1.29 is 24.2 Å². The van der Waals surface area contributed by atoms with E-state index in [0.717, 1.165) is 12.8 Å². The third-order valence-corrected chi connectivity index (χ3v) is 5.36. The lowest BCUT2D eigenvalue weighted by Crippen LogP contribution is -2.37. The molecule has 6 nitrogen and oxygen atoms in total. The molecule has 1 N–H and O–H groups in total. The first-order valence-electron chi connectivity index (χ1n) is 8.75. The van der Waals surface area contributed by atoms with Crippen molar-refractivity contribution in [3.63, 3.8) is 0 Å². The fourth-order valence-electron chi connectivity index (χ4n) is 4.13. The van der Waals surface area contributed by atoms with Crippen LogP contribution in [0.4, 0.5) is 0 Å². The number of aliphatic carboxylic acids is 1. The number of benzene rings is 1. The van der Waals surface area contributed by atoms with Crippen molar-refractivity contribution in [3.05, 3.63) is 23.8 Å².